The minimum absolute atomic E-state index is 0.0357. The van der Waals surface area contributed by atoms with Crippen LogP contribution in [0.4, 0.5) is 5.69 Å². The van der Waals surface area contributed by atoms with Crippen molar-refractivity contribution in [3.8, 4) is 0 Å². The number of aryl methyl sites for hydroxylation is 1. The summed E-state index contributed by atoms with van der Waals surface area (Å²) in [6, 6.07) is 16.5. The van der Waals surface area contributed by atoms with Crippen LogP contribution < -0.4 is 5.32 Å². The number of piperidine rings is 1. The molecule has 1 aliphatic heterocycles. The van der Waals surface area contributed by atoms with E-state index in [2.05, 4.69) is 5.32 Å². The Balaban J connectivity index is 1.77. The molecular formula is C22H24N2O4. The summed E-state index contributed by atoms with van der Waals surface area (Å²) in [5.74, 6) is -1.31. The van der Waals surface area contributed by atoms with Crippen LogP contribution >= 0.6 is 0 Å². The lowest BCUT2D eigenvalue weighted by atomic mass is 9.84. The Kier molecular flexibility index (Phi) is 6.09. The summed E-state index contributed by atoms with van der Waals surface area (Å²) in [7, 11) is 1.74. The molecule has 1 saturated heterocycles. The van der Waals surface area contributed by atoms with Gasteiger partial charge in [-0.05, 0) is 36.1 Å². The highest BCUT2D eigenvalue weighted by atomic mass is 16.4. The second-order valence-corrected chi connectivity index (χ2v) is 7.09. The standard InChI is InChI=1S/C22H24N2O4/c1-24-19(25)12-11-18(21(24)16-7-3-2-4-8-16)22(28)23-17-9-5-6-15(14-17)10-13-20(26)27/h2-9,14,18,21H,10-13H2,1H3,(H,23,28)(H,26,27). The number of hydrogen-bond acceptors (Lipinski definition) is 3. The number of carboxylic acid groups (broad SMARTS) is 1. The van der Waals surface area contributed by atoms with Crippen molar-refractivity contribution < 1.29 is 19.5 Å². The van der Waals surface area contributed by atoms with Gasteiger partial charge in [0.15, 0.2) is 0 Å². The average Bonchev–Trinajstić information content (AvgIpc) is 2.69. The molecule has 0 bridgehead atoms. The summed E-state index contributed by atoms with van der Waals surface area (Å²) in [5, 5.41) is 11.8. The molecule has 146 valence electrons. The van der Waals surface area contributed by atoms with E-state index in [1.807, 2.05) is 36.4 Å². The molecule has 0 aliphatic carbocycles. The molecule has 28 heavy (non-hydrogen) atoms. The number of anilines is 1. The fourth-order valence-corrected chi connectivity index (χ4v) is 3.71. The summed E-state index contributed by atoms with van der Waals surface area (Å²) < 4.78 is 0. The highest BCUT2D eigenvalue weighted by Gasteiger charge is 2.38. The van der Waals surface area contributed by atoms with Crippen LogP contribution in [0.1, 0.15) is 36.4 Å². The molecule has 0 aromatic heterocycles. The molecule has 3 rings (SSSR count). The Morgan fingerprint density at radius 2 is 1.89 bits per heavy atom. The molecule has 1 aliphatic rings. The molecular weight excluding hydrogens is 356 g/mol. The Hall–Kier alpha value is -3.15. The third kappa shape index (κ3) is 4.57. The summed E-state index contributed by atoms with van der Waals surface area (Å²) in [6.07, 6.45) is 1.29. The van der Waals surface area contributed by atoms with Gasteiger partial charge >= 0.3 is 5.97 Å². The normalized spacial score (nSPS) is 19.3. The summed E-state index contributed by atoms with van der Waals surface area (Å²) in [6.45, 7) is 0. The van der Waals surface area contributed by atoms with Gasteiger partial charge in [-0.2, -0.15) is 0 Å². The van der Waals surface area contributed by atoms with Crippen molar-refractivity contribution in [3.05, 3.63) is 65.7 Å². The van der Waals surface area contributed by atoms with Gasteiger partial charge in [0.1, 0.15) is 0 Å². The lowest BCUT2D eigenvalue weighted by molar-refractivity contribution is -0.140. The van der Waals surface area contributed by atoms with Crippen molar-refractivity contribution in [2.75, 3.05) is 12.4 Å². The zero-order chi connectivity index (χ0) is 20.1. The molecule has 1 fully saturated rings. The largest absolute Gasteiger partial charge is 0.481 e. The van der Waals surface area contributed by atoms with Gasteiger partial charge in [-0.3, -0.25) is 14.4 Å². The highest BCUT2D eigenvalue weighted by molar-refractivity contribution is 5.94. The quantitative estimate of drug-likeness (QED) is 0.805. The van der Waals surface area contributed by atoms with Crippen LogP contribution in [-0.2, 0) is 20.8 Å². The number of likely N-dealkylation sites (tertiary alicyclic amines) is 1. The monoisotopic (exact) mass is 380 g/mol. The van der Waals surface area contributed by atoms with E-state index in [4.69, 9.17) is 5.11 Å². The van der Waals surface area contributed by atoms with Gasteiger partial charge in [0.2, 0.25) is 11.8 Å². The summed E-state index contributed by atoms with van der Waals surface area (Å²) in [5.41, 5.74) is 2.43. The molecule has 0 radical (unpaired) electrons. The molecule has 2 amide bonds. The molecule has 2 unspecified atom stereocenters. The van der Waals surface area contributed by atoms with E-state index in [-0.39, 0.29) is 30.2 Å². The molecule has 0 spiro atoms. The third-order valence-electron chi connectivity index (χ3n) is 5.16. The first-order valence-corrected chi connectivity index (χ1v) is 9.38. The van der Waals surface area contributed by atoms with Crippen molar-refractivity contribution in [2.24, 2.45) is 5.92 Å². The van der Waals surface area contributed by atoms with Crippen molar-refractivity contribution in [2.45, 2.75) is 31.7 Å². The van der Waals surface area contributed by atoms with E-state index in [0.29, 0.717) is 24.9 Å². The van der Waals surface area contributed by atoms with E-state index < -0.39 is 5.97 Å². The van der Waals surface area contributed by atoms with Crippen molar-refractivity contribution in [3.63, 3.8) is 0 Å². The number of benzene rings is 2. The van der Waals surface area contributed by atoms with Gasteiger partial charge in [-0.1, -0.05) is 42.5 Å². The number of amides is 2. The van der Waals surface area contributed by atoms with Crippen LogP contribution in [0.25, 0.3) is 0 Å². The second kappa shape index (κ2) is 8.69. The summed E-state index contributed by atoms with van der Waals surface area (Å²) in [4.78, 5) is 37.7. The van der Waals surface area contributed by atoms with Crippen LogP contribution in [0.5, 0.6) is 0 Å². The van der Waals surface area contributed by atoms with Crippen molar-refractivity contribution >= 4 is 23.5 Å². The van der Waals surface area contributed by atoms with Crippen LogP contribution in [0, 0.1) is 5.92 Å². The fraction of sp³-hybridized carbons (Fsp3) is 0.318. The minimum atomic E-state index is -0.852. The first kappa shape index (κ1) is 19.6. The number of carbonyl (C=O) groups excluding carboxylic acids is 2. The maximum absolute atomic E-state index is 13.0. The van der Waals surface area contributed by atoms with Crippen LogP contribution in [0.15, 0.2) is 54.6 Å². The Morgan fingerprint density at radius 1 is 1.14 bits per heavy atom. The average molecular weight is 380 g/mol. The first-order chi connectivity index (χ1) is 13.5. The first-order valence-electron chi connectivity index (χ1n) is 9.38. The Labute approximate surface area is 164 Å². The molecule has 1 heterocycles. The Morgan fingerprint density at radius 3 is 2.61 bits per heavy atom. The van der Waals surface area contributed by atoms with E-state index in [9.17, 15) is 14.4 Å². The summed E-state index contributed by atoms with van der Waals surface area (Å²) >= 11 is 0. The van der Waals surface area contributed by atoms with Gasteiger partial charge in [-0.15, -0.1) is 0 Å². The van der Waals surface area contributed by atoms with Gasteiger partial charge in [-0.25, -0.2) is 0 Å². The van der Waals surface area contributed by atoms with Gasteiger partial charge < -0.3 is 15.3 Å². The number of hydrogen-bond donors (Lipinski definition) is 2. The lowest BCUT2D eigenvalue weighted by Gasteiger charge is -2.38. The van der Waals surface area contributed by atoms with Gasteiger partial charge in [0.05, 0.1) is 12.0 Å². The van der Waals surface area contributed by atoms with E-state index in [1.165, 1.54) is 0 Å². The maximum Gasteiger partial charge on any atom is 0.303 e. The number of nitrogens with zero attached hydrogens (tertiary/aromatic N) is 1. The zero-order valence-electron chi connectivity index (χ0n) is 15.8. The number of aliphatic carboxylic acids is 1. The third-order valence-corrected chi connectivity index (χ3v) is 5.16. The van der Waals surface area contributed by atoms with Gasteiger partial charge in [0.25, 0.3) is 0 Å². The van der Waals surface area contributed by atoms with Crippen LogP contribution in [0.2, 0.25) is 0 Å². The van der Waals surface area contributed by atoms with E-state index >= 15 is 0 Å². The smallest absolute Gasteiger partial charge is 0.303 e. The van der Waals surface area contributed by atoms with Crippen molar-refractivity contribution in [1.82, 2.24) is 4.90 Å². The predicted octanol–water partition coefficient (Wildman–Crippen LogP) is 3.25. The fourth-order valence-electron chi connectivity index (χ4n) is 3.71. The maximum atomic E-state index is 13.0. The van der Waals surface area contributed by atoms with Crippen LogP contribution in [0.3, 0.4) is 0 Å². The molecule has 2 atom stereocenters. The number of carboxylic acids is 1. The topological polar surface area (TPSA) is 86.7 Å². The number of nitrogens with one attached hydrogen (secondary N) is 1. The molecule has 2 N–H and O–H groups in total. The van der Waals surface area contributed by atoms with Gasteiger partial charge in [0, 0.05) is 25.6 Å². The zero-order valence-corrected chi connectivity index (χ0v) is 15.8. The minimum Gasteiger partial charge on any atom is -0.481 e. The SMILES string of the molecule is CN1C(=O)CCC(C(=O)Nc2cccc(CCC(=O)O)c2)C1c1ccccc1. The van der Waals surface area contributed by atoms with Crippen LogP contribution in [-0.4, -0.2) is 34.8 Å². The molecule has 2 aromatic rings. The molecule has 6 heteroatoms. The Bertz CT molecular complexity index is 866. The molecule has 0 saturated carbocycles. The second-order valence-electron chi connectivity index (χ2n) is 7.09. The molecule has 6 nitrogen and oxygen atoms in total. The van der Waals surface area contributed by atoms with Crippen molar-refractivity contribution in [1.29, 1.82) is 0 Å². The number of rotatable bonds is 6. The number of carbonyl (C=O) groups is 3. The van der Waals surface area contributed by atoms with E-state index in [0.717, 1.165) is 11.1 Å². The lowest BCUT2D eigenvalue weighted by Crippen LogP contribution is -2.44. The predicted molar refractivity (Wildman–Crippen MR) is 106 cm³/mol. The highest BCUT2D eigenvalue weighted by Crippen LogP contribution is 2.36. The molecule has 2 aromatic carbocycles. The van der Waals surface area contributed by atoms with E-state index in [1.54, 1.807) is 30.1 Å².